The molecule has 1 aliphatic heterocycles. The van der Waals surface area contributed by atoms with E-state index in [-0.39, 0.29) is 25.5 Å². The van der Waals surface area contributed by atoms with Crippen molar-refractivity contribution >= 4 is 11.6 Å². The molecule has 5 nitrogen and oxygen atoms in total. The van der Waals surface area contributed by atoms with Crippen molar-refractivity contribution in [2.45, 2.75) is 19.0 Å². The number of alkyl halides is 2. The number of fused-ring (bicyclic) bond motifs is 1. The molecule has 0 fully saturated rings. The molecule has 0 bridgehead atoms. The fourth-order valence-electron chi connectivity index (χ4n) is 1.84. The molecule has 0 saturated carbocycles. The minimum atomic E-state index is -2.51. The van der Waals surface area contributed by atoms with Gasteiger partial charge in [0.05, 0.1) is 11.8 Å². The molecule has 0 aliphatic carbocycles. The van der Waals surface area contributed by atoms with Crippen LogP contribution in [0.5, 0.6) is 5.75 Å². The van der Waals surface area contributed by atoms with Crippen LogP contribution in [0.4, 0.5) is 14.5 Å². The van der Waals surface area contributed by atoms with Gasteiger partial charge in [0.1, 0.15) is 12.4 Å². The van der Waals surface area contributed by atoms with E-state index in [1.54, 1.807) is 18.2 Å². The van der Waals surface area contributed by atoms with E-state index in [1.165, 1.54) is 0 Å². The average molecular weight is 287 g/mol. The summed E-state index contributed by atoms with van der Waals surface area (Å²) in [7, 11) is 0. The monoisotopic (exact) mass is 287 g/mol. The lowest BCUT2D eigenvalue weighted by Crippen LogP contribution is -2.25. The Bertz CT molecular complexity index is 481. The second kappa shape index (κ2) is 6.62. The third kappa shape index (κ3) is 3.88. The van der Waals surface area contributed by atoms with Gasteiger partial charge in [-0.25, -0.2) is 8.78 Å². The van der Waals surface area contributed by atoms with Crippen molar-refractivity contribution < 1.29 is 28.2 Å². The van der Waals surface area contributed by atoms with Gasteiger partial charge in [0, 0.05) is 13.0 Å². The molecular formula is C13H15F2NO4. The third-order valence-corrected chi connectivity index (χ3v) is 2.80. The van der Waals surface area contributed by atoms with Crippen LogP contribution in [0.25, 0.3) is 0 Å². The predicted octanol–water partition coefficient (Wildman–Crippen LogP) is 1.72. The number of ether oxygens (including phenoxy) is 2. The minimum absolute atomic E-state index is 0.0314. The number of anilines is 1. The van der Waals surface area contributed by atoms with Gasteiger partial charge in [-0.15, -0.1) is 0 Å². The van der Waals surface area contributed by atoms with E-state index in [0.29, 0.717) is 17.0 Å². The van der Waals surface area contributed by atoms with Crippen LogP contribution in [0.15, 0.2) is 18.2 Å². The van der Waals surface area contributed by atoms with Gasteiger partial charge in [-0.05, 0) is 17.7 Å². The predicted molar refractivity (Wildman–Crippen MR) is 67.0 cm³/mol. The summed E-state index contributed by atoms with van der Waals surface area (Å²) in [6.07, 6.45) is -3.17. The number of nitrogens with one attached hydrogen (secondary N) is 1. The summed E-state index contributed by atoms with van der Waals surface area (Å²) in [6.45, 7) is -0.636. The Morgan fingerprint density at radius 2 is 2.25 bits per heavy atom. The fourth-order valence-corrected chi connectivity index (χ4v) is 1.84. The van der Waals surface area contributed by atoms with E-state index in [9.17, 15) is 18.7 Å². The second-order valence-corrected chi connectivity index (χ2v) is 4.36. The molecule has 2 rings (SSSR count). The average Bonchev–Trinajstić information content (AvgIpc) is 2.42. The number of hydrogen-bond donors (Lipinski definition) is 2. The zero-order chi connectivity index (χ0) is 14.5. The third-order valence-electron chi connectivity index (χ3n) is 2.80. The Hall–Kier alpha value is -1.73. The Morgan fingerprint density at radius 3 is 3.00 bits per heavy atom. The van der Waals surface area contributed by atoms with Crippen LogP contribution < -0.4 is 10.1 Å². The number of hydrogen-bond acceptors (Lipinski definition) is 4. The van der Waals surface area contributed by atoms with Crippen LogP contribution in [0, 0.1) is 0 Å². The highest BCUT2D eigenvalue weighted by molar-refractivity contribution is 5.95. The molecule has 0 radical (unpaired) electrons. The first-order valence-corrected chi connectivity index (χ1v) is 6.17. The molecule has 20 heavy (non-hydrogen) atoms. The highest BCUT2D eigenvalue weighted by Crippen LogP contribution is 2.31. The Balaban J connectivity index is 1.91. The minimum Gasteiger partial charge on any atom is -0.482 e. The van der Waals surface area contributed by atoms with Gasteiger partial charge in [-0.3, -0.25) is 4.79 Å². The maximum atomic E-state index is 11.9. The van der Waals surface area contributed by atoms with E-state index < -0.39 is 19.1 Å². The number of amides is 1. The van der Waals surface area contributed by atoms with Gasteiger partial charge < -0.3 is 19.9 Å². The van der Waals surface area contributed by atoms with Crippen LogP contribution in [-0.2, 0) is 9.53 Å². The quantitative estimate of drug-likeness (QED) is 0.782. The Labute approximate surface area is 114 Å². The first-order chi connectivity index (χ1) is 9.56. The summed E-state index contributed by atoms with van der Waals surface area (Å²) in [5, 5.41) is 12.6. The summed E-state index contributed by atoms with van der Waals surface area (Å²) < 4.78 is 33.6. The molecule has 0 aromatic heterocycles. The number of rotatable bonds is 6. The van der Waals surface area contributed by atoms with E-state index in [4.69, 9.17) is 9.47 Å². The van der Waals surface area contributed by atoms with Crippen LogP contribution >= 0.6 is 0 Å². The first-order valence-electron chi connectivity index (χ1n) is 6.17. The van der Waals surface area contributed by atoms with E-state index >= 15 is 0 Å². The molecule has 2 N–H and O–H groups in total. The SMILES string of the molecule is O=C1COc2ccc(C(O)CCOCC(F)F)cc2N1. The lowest BCUT2D eigenvalue weighted by molar-refractivity contribution is -0.118. The van der Waals surface area contributed by atoms with Crippen LogP contribution in [0.3, 0.4) is 0 Å². The summed E-state index contributed by atoms with van der Waals surface area (Å²) in [6, 6.07) is 4.91. The molecule has 0 saturated heterocycles. The van der Waals surface area contributed by atoms with Crippen LogP contribution in [0.1, 0.15) is 18.1 Å². The Morgan fingerprint density at radius 1 is 1.45 bits per heavy atom. The van der Waals surface area contributed by atoms with Gasteiger partial charge in [-0.2, -0.15) is 0 Å². The van der Waals surface area contributed by atoms with Gasteiger partial charge in [0.25, 0.3) is 12.3 Å². The summed E-state index contributed by atoms with van der Waals surface area (Å²) in [5.41, 5.74) is 1.06. The lowest BCUT2D eigenvalue weighted by Gasteiger charge is -2.20. The van der Waals surface area contributed by atoms with Gasteiger partial charge in [0.2, 0.25) is 0 Å². The van der Waals surface area contributed by atoms with Crippen molar-refractivity contribution in [3.05, 3.63) is 23.8 Å². The van der Waals surface area contributed by atoms with Gasteiger partial charge >= 0.3 is 0 Å². The fraction of sp³-hybridized carbons (Fsp3) is 0.462. The molecule has 110 valence electrons. The van der Waals surface area contributed by atoms with Crippen molar-refractivity contribution in [1.82, 2.24) is 0 Å². The molecular weight excluding hydrogens is 272 g/mol. The largest absolute Gasteiger partial charge is 0.482 e. The van der Waals surface area contributed by atoms with Crippen molar-refractivity contribution in [2.75, 3.05) is 25.1 Å². The first kappa shape index (κ1) is 14.7. The summed E-state index contributed by atoms with van der Waals surface area (Å²) in [5.74, 6) is 0.277. The highest BCUT2D eigenvalue weighted by Gasteiger charge is 2.18. The molecule has 1 aliphatic rings. The van der Waals surface area contributed by atoms with Crippen molar-refractivity contribution in [3.8, 4) is 5.75 Å². The molecule has 1 atom stereocenters. The molecule has 0 spiro atoms. The van der Waals surface area contributed by atoms with Crippen molar-refractivity contribution in [3.63, 3.8) is 0 Å². The number of halogens is 2. The summed E-state index contributed by atoms with van der Waals surface area (Å²) in [4.78, 5) is 11.2. The molecule has 1 heterocycles. The van der Waals surface area contributed by atoms with Crippen molar-refractivity contribution in [2.24, 2.45) is 0 Å². The van der Waals surface area contributed by atoms with Gasteiger partial charge in [-0.1, -0.05) is 6.07 Å². The van der Waals surface area contributed by atoms with Gasteiger partial charge in [0.15, 0.2) is 6.61 Å². The molecule has 1 aromatic carbocycles. The molecule has 1 unspecified atom stereocenters. The zero-order valence-corrected chi connectivity index (χ0v) is 10.6. The smallest absolute Gasteiger partial charge is 0.262 e. The number of benzene rings is 1. The molecule has 1 amide bonds. The topological polar surface area (TPSA) is 67.8 Å². The molecule has 1 aromatic rings. The number of carbonyl (C=O) groups excluding carboxylic acids is 1. The zero-order valence-electron chi connectivity index (χ0n) is 10.6. The van der Waals surface area contributed by atoms with E-state index in [2.05, 4.69) is 5.32 Å². The number of aliphatic hydroxyl groups excluding tert-OH is 1. The number of carbonyl (C=O) groups is 1. The van der Waals surface area contributed by atoms with E-state index in [1.807, 2.05) is 0 Å². The van der Waals surface area contributed by atoms with Crippen molar-refractivity contribution in [1.29, 1.82) is 0 Å². The second-order valence-electron chi connectivity index (χ2n) is 4.36. The standard InChI is InChI=1S/C13H15F2NO4/c14-12(15)6-19-4-3-10(17)8-1-2-11-9(5-8)16-13(18)7-20-11/h1-2,5,10,12,17H,3-4,6-7H2,(H,16,18). The Kier molecular flexibility index (Phi) is 4.86. The van der Waals surface area contributed by atoms with Crippen LogP contribution in [0.2, 0.25) is 0 Å². The van der Waals surface area contributed by atoms with Crippen LogP contribution in [-0.4, -0.2) is 37.3 Å². The lowest BCUT2D eigenvalue weighted by atomic mass is 10.1. The highest BCUT2D eigenvalue weighted by atomic mass is 19.3. The maximum absolute atomic E-state index is 11.9. The molecule has 7 heteroatoms. The number of aliphatic hydroxyl groups is 1. The maximum Gasteiger partial charge on any atom is 0.262 e. The summed E-state index contributed by atoms with van der Waals surface area (Å²) >= 11 is 0. The van der Waals surface area contributed by atoms with E-state index in [0.717, 1.165) is 0 Å². The normalized spacial score (nSPS) is 15.5.